The molecule has 128 valence electrons. The Hall–Kier alpha value is -1.69. The fraction of sp³-hybridized carbons (Fsp3) is 0.368. The summed E-state index contributed by atoms with van der Waals surface area (Å²) in [6.07, 6.45) is 3.27. The molecule has 0 radical (unpaired) electrons. The molecule has 0 aliphatic heterocycles. The Labute approximate surface area is 143 Å². The van der Waals surface area contributed by atoms with Crippen molar-refractivity contribution < 1.29 is 13.5 Å². The van der Waals surface area contributed by atoms with Crippen LogP contribution in [-0.2, 0) is 29.2 Å². The van der Waals surface area contributed by atoms with Crippen LogP contribution >= 0.6 is 0 Å². The number of sulfone groups is 1. The molecule has 0 unspecified atom stereocenters. The molecule has 3 rings (SSSR count). The molecule has 1 aliphatic rings. The first-order valence-corrected chi connectivity index (χ1v) is 9.96. The first-order valence-electron chi connectivity index (χ1n) is 8.31. The lowest BCUT2D eigenvalue weighted by Crippen LogP contribution is -2.34. The molecule has 2 N–H and O–H groups in total. The summed E-state index contributed by atoms with van der Waals surface area (Å²) in [7, 11) is -3.37. The van der Waals surface area contributed by atoms with Gasteiger partial charge in [-0.25, -0.2) is 8.42 Å². The Balaban J connectivity index is 1.58. The molecular formula is C19H23NO3S. The van der Waals surface area contributed by atoms with Crippen LogP contribution in [0.3, 0.4) is 0 Å². The molecule has 0 fully saturated rings. The lowest BCUT2D eigenvalue weighted by molar-refractivity contribution is 0.319. The normalized spacial score (nSPS) is 17.5. The molecule has 2 aromatic rings. The van der Waals surface area contributed by atoms with Crippen molar-refractivity contribution in [2.45, 2.75) is 36.7 Å². The van der Waals surface area contributed by atoms with Crippen molar-refractivity contribution in [1.29, 1.82) is 0 Å². The number of aryl methyl sites for hydroxylation is 1. The molecule has 0 bridgehead atoms. The maximum Gasteiger partial charge on any atom is 0.180 e. The molecule has 0 heterocycles. The van der Waals surface area contributed by atoms with Gasteiger partial charge in [-0.05, 0) is 48.1 Å². The van der Waals surface area contributed by atoms with Gasteiger partial charge in [0.1, 0.15) is 0 Å². The van der Waals surface area contributed by atoms with Crippen LogP contribution in [0.5, 0.6) is 0 Å². The largest absolute Gasteiger partial charge is 0.395 e. The third kappa shape index (κ3) is 4.04. The summed E-state index contributed by atoms with van der Waals surface area (Å²) in [5.41, 5.74) is 3.94. The lowest BCUT2D eigenvalue weighted by atomic mass is 9.88. The third-order valence-electron chi connectivity index (χ3n) is 4.58. The summed E-state index contributed by atoms with van der Waals surface area (Å²) in [6.45, 7) is 0.377. The number of fused-ring (bicyclic) bond motifs is 1. The second-order valence-corrected chi connectivity index (χ2v) is 8.38. The smallest absolute Gasteiger partial charge is 0.180 e. The number of aliphatic hydroxyl groups excluding tert-OH is 1. The average molecular weight is 345 g/mol. The Kier molecular flexibility index (Phi) is 5.33. The summed E-state index contributed by atoms with van der Waals surface area (Å²) in [4.78, 5) is 0.270. The third-order valence-corrected chi connectivity index (χ3v) is 6.29. The monoisotopic (exact) mass is 345 g/mol. The van der Waals surface area contributed by atoms with E-state index >= 15 is 0 Å². The molecule has 0 spiro atoms. The van der Waals surface area contributed by atoms with Crippen LogP contribution in [0, 0.1) is 0 Å². The minimum absolute atomic E-state index is 0.230. The molecule has 1 atom stereocenters. The molecular weight excluding hydrogens is 322 g/mol. The van der Waals surface area contributed by atoms with Gasteiger partial charge in [-0.1, -0.05) is 36.4 Å². The van der Waals surface area contributed by atoms with Gasteiger partial charge in [-0.2, -0.15) is 0 Å². The minimum atomic E-state index is -3.37. The van der Waals surface area contributed by atoms with Crippen LogP contribution in [-0.4, -0.2) is 31.9 Å². The van der Waals surface area contributed by atoms with E-state index in [0.717, 1.165) is 31.4 Å². The number of rotatable bonds is 6. The highest BCUT2D eigenvalue weighted by Crippen LogP contribution is 2.21. The zero-order chi connectivity index (χ0) is 17.0. The van der Waals surface area contributed by atoms with Crippen LogP contribution < -0.4 is 5.32 Å². The van der Waals surface area contributed by atoms with Gasteiger partial charge in [0.15, 0.2) is 9.84 Å². The van der Waals surface area contributed by atoms with Gasteiger partial charge in [0.2, 0.25) is 0 Å². The maximum absolute atomic E-state index is 11.9. The fourth-order valence-corrected chi connectivity index (χ4v) is 4.21. The maximum atomic E-state index is 11.9. The first-order chi connectivity index (χ1) is 11.6. The Morgan fingerprint density at radius 3 is 2.46 bits per heavy atom. The number of hydrogen-bond acceptors (Lipinski definition) is 4. The lowest BCUT2D eigenvalue weighted by Gasteiger charge is -2.25. The van der Waals surface area contributed by atoms with Crippen LogP contribution in [0.1, 0.15) is 23.1 Å². The molecule has 0 aromatic heterocycles. The van der Waals surface area contributed by atoms with Gasteiger partial charge in [0.25, 0.3) is 0 Å². The first kappa shape index (κ1) is 17.1. The van der Waals surface area contributed by atoms with Crippen molar-refractivity contribution in [3.05, 3.63) is 65.2 Å². The van der Waals surface area contributed by atoms with Crippen LogP contribution in [0.15, 0.2) is 53.4 Å². The molecule has 4 nitrogen and oxygen atoms in total. The summed E-state index contributed by atoms with van der Waals surface area (Å²) in [6, 6.07) is 16.0. The van der Waals surface area contributed by atoms with E-state index in [1.807, 2.05) is 12.1 Å². The molecule has 2 aromatic carbocycles. The second-order valence-electron chi connectivity index (χ2n) is 6.28. The van der Waals surface area contributed by atoms with Gasteiger partial charge in [0.05, 0.1) is 17.3 Å². The van der Waals surface area contributed by atoms with Gasteiger partial charge in [-0.3, -0.25) is 0 Å². The van der Waals surface area contributed by atoms with Crippen LogP contribution in [0.2, 0.25) is 0 Å². The average Bonchev–Trinajstić information content (AvgIpc) is 2.60. The quantitative estimate of drug-likeness (QED) is 0.841. The summed E-state index contributed by atoms with van der Waals surface area (Å²) < 4.78 is 23.8. The SMILES string of the molecule is O=S(=O)(CCO)c1ccc(CN[C@@H]2CCc3ccccc3C2)cc1. The minimum Gasteiger partial charge on any atom is -0.395 e. The molecule has 0 saturated heterocycles. The standard InChI is InChI=1S/C19H23NO3S/c21-11-12-24(22,23)19-9-5-15(6-10-19)14-20-18-8-7-16-3-1-2-4-17(16)13-18/h1-6,9-10,18,20-21H,7-8,11-14H2/t18-/m1/s1. The molecule has 0 saturated carbocycles. The predicted molar refractivity (Wildman–Crippen MR) is 94.7 cm³/mol. The zero-order valence-corrected chi connectivity index (χ0v) is 14.4. The van der Waals surface area contributed by atoms with Gasteiger partial charge in [0, 0.05) is 12.6 Å². The number of benzene rings is 2. The van der Waals surface area contributed by atoms with E-state index in [4.69, 9.17) is 5.11 Å². The van der Waals surface area contributed by atoms with Crippen molar-refractivity contribution >= 4 is 9.84 Å². The topological polar surface area (TPSA) is 66.4 Å². The highest BCUT2D eigenvalue weighted by molar-refractivity contribution is 7.91. The summed E-state index contributed by atoms with van der Waals surface area (Å²) in [5.74, 6) is -0.230. The fourth-order valence-electron chi connectivity index (χ4n) is 3.19. The number of hydrogen-bond donors (Lipinski definition) is 2. The number of nitrogens with one attached hydrogen (secondary N) is 1. The summed E-state index contributed by atoms with van der Waals surface area (Å²) in [5, 5.41) is 12.4. The van der Waals surface area contributed by atoms with E-state index in [2.05, 4.69) is 29.6 Å². The van der Waals surface area contributed by atoms with Crippen molar-refractivity contribution in [3.63, 3.8) is 0 Å². The van der Waals surface area contributed by atoms with Gasteiger partial charge in [-0.15, -0.1) is 0 Å². The molecule has 1 aliphatic carbocycles. The van der Waals surface area contributed by atoms with Crippen molar-refractivity contribution in [2.75, 3.05) is 12.4 Å². The second kappa shape index (κ2) is 7.47. The predicted octanol–water partition coefficient (Wildman–Crippen LogP) is 2.10. The molecule has 0 amide bonds. The van der Waals surface area contributed by atoms with E-state index in [9.17, 15) is 8.42 Å². The van der Waals surface area contributed by atoms with Gasteiger partial charge >= 0.3 is 0 Å². The number of aliphatic hydroxyl groups is 1. The van der Waals surface area contributed by atoms with Crippen LogP contribution in [0.4, 0.5) is 0 Å². The highest BCUT2D eigenvalue weighted by Gasteiger charge is 2.18. The molecule has 24 heavy (non-hydrogen) atoms. The Morgan fingerprint density at radius 1 is 1.04 bits per heavy atom. The van der Waals surface area contributed by atoms with E-state index in [1.54, 1.807) is 12.1 Å². The summed E-state index contributed by atoms with van der Waals surface area (Å²) >= 11 is 0. The van der Waals surface area contributed by atoms with Gasteiger partial charge < -0.3 is 10.4 Å². The van der Waals surface area contributed by atoms with E-state index in [0.29, 0.717) is 6.04 Å². The van der Waals surface area contributed by atoms with Crippen molar-refractivity contribution in [3.8, 4) is 0 Å². The molecule has 5 heteroatoms. The Morgan fingerprint density at radius 2 is 1.75 bits per heavy atom. The highest BCUT2D eigenvalue weighted by atomic mass is 32.2. The van der Waals surface area contributed by atoms with E-state index < -0.39 is 9.84 Å². The zero-order valence-electron chi connectivity index (χ0n) is 13.6. The van der Waals surface area contributed by atoms with Crippen molar-refractivity contribution in [2.24, 2.45) is 0 Å². The Bertz CT molecular complexity index is 785. The van der Waals surface area contributed by atoms with E-state index in [-0.39, 0.29) is 17.3 Å². The van der Waals surface area contributed by atoms with E-state index in [1.165, 1.54) is 11.1 Å². The van der Waals surface area contributed by atoms with Crippen molar-refractivity contribution in [1.82, 2.24) is 5.32 Å². The van der Waals surface area contributed by atoms with Crippen LogP contribution in [0.25, 0.3) is 0 Å².